The molecule has 0 radical (unpaired) electrons. The van der Waals surface area contributed by atoms with E-state index in [0.29, 0.717) is 0 Å². The van der Waals surface area contributed by atoms with Gasteiger partial charge in [0.15, 0.2) is 6.10 Å². The van der Waals surface area contributed by atoms with Crippen LogP contribution in [0.25, 0.3) is 0 Å². The van der Waals surface area contributed by atoms with Gasteiger partial charge in [-0.2, -0.15) is 13.2 Å². The molecule has 72 valence electrons. The Hall–Kier alpha value is -0.580. The van der Waals surface area contributed by atoms with Crippen molar-refractivity contribution in [3.63, 3.8) is 0 Å². The molecular weight excluding hydrogens is 173 g/mol. The van der Waals surface area contributed by atoms with E-state index in [4.69, 9.17) is 5.11 Å². The molecule has 0 aliphatic carbocycles. The van der Waals surface area contributed by atoms with E-state index in [0.717, 1.165) is 0 Å². The van der Waals surface area contributed by atoms with Crippen molar-refractivity contribution in [3.05, 3.63) is 0 Å². The van der Waals surface area contributed by atoms with Crippen molar-refractivity contribution in [3.8, 4) is 0 Å². The van der Waals surface area contributed by atoms with Crippen LogP contribution in [-0.4, -0.2) is 23.2 Å². The molecule has 12 heavy (non-hydrogen) atoms. The molecule has 0 saturated carbocycles. The van der Waals surface area contributed by atoms with Crippen LogP contribution in [0.1, 0.15) is 20.3 Å². The second-order valence-electron chi connectivity index (χ2n) is 2.80. The Morgan fingerprint density at radius 2 is 1.92 bits per heavy atom. The zero-order chi connectivity index (χ0) is 9.94. The largest absolute Gasteiger partial charge is 0.414 e. The third-order valence-corrected chi connectivity index (χ3v) is 1.65. The molecule has 2 unspecified atom stereocenters. The molecule has 0 bridgehead atoms. The van der Waals surface area contributed by atoms with E-state index in [-0.39, 0.29) is 5.78 Å². The molecule has 1 N–H and O–H groups in total. The lowest BCUT2D eigenvalue weighted by molar-refractivity contribution is -0.207. The SMILES string of the molecule is CC(=O)C(C)CC(O)C(F)(F)F. The van der Waals surface area contributed by atoms with E-state index in [2.05, 4.69) is 0 Å². The standard InChI is InChI=1S/C7H11F3O2/c1-4(5(2)11)3-6(12)7(8,9)10/h4,6,12H,3H2,1-2H3. The van der Waals surface area contributed by atoms with Crippen molar-refractivity contribution in [1.29, 1.82) is 0 Å². The third-order valence-electron chi connectivity index (χ3n) is 1.65. The number of carbonyl (C=O) groups excluding carboxylic acids is 1. The van der Waals surface area contributed by atoms with Gasteiger partial charge in [-0.15, -0.1) is 0 Å². The minimum absolute atomic E-state index is 0.349. The highest BCUT2D eigenvalue weighted by atomic mass is 19.4. The molecule has 0 aromatic rings. The van der Waals surface area contributed by atoms with E-state index in [1.54, 1.807) is 0 Å². The molecule has 0 fully saturated rings. The summed E-state index contributed by atoms with van der Waals surface area (Å²) < 4.78 is 35.1. The van der Waals surface area contributed by atoms with Crippen LogP contribution >= 0.6 is 0 Å². The topological polar surface area (TPSA) is 37.3 Å². The van der Waals surface area contributed by atoms with Crippen molar-refractivity contribution in [2.24, 2.45) is 5.92 Å². The number of rotatable bonds is 3. The van der Waals surface area contributed by atoms with E-state index >= 15 is 0 Å². The van der Waals surface area contributed by atoms with E-state index in [9.17, 15) is 18.0 Å². The Balaban J connectivity index is 4.01. The maximum absolute atomic E-state index is 11.7. The number of aliphatic hydroxyl groups is 1. The summed E-state index contributed by atoms with van der Waals surface area (Å²) in [6.07, 6.45) is -7.57. The lowest BCUT2D eigenvalue weighted by atomic mass is 10.00. The number of hydrogen-bond acceptors (Lipinski definition) is 2. The van der Waals surface area contributed by atoms with Crippen molar-refractivity contribution in [1.82, 2.24) is 0 Å². The zero-order valence-electron chi connectivity index (χ0n) is 6.85. The first kappa shape index (κ1) is 11.4. The molecule has 0 aromatic carbocycles. The fourth-order valence-corrected chi connectivity index (χ4v) is 0.634. The molecule has 5 heteroatoms. The van der Waals surface area contributed by atoms with Gasteiger partial charge in [0, 0.05) is 5.92 Å². The summed E-state index contributed by atoms with van der Waals surface area (Å²) in [5.74, 6) is -1.10. The van der Waals surface area contributed by atoms with Crippen LogP contribution in [0.4, 0.5) is 13.2 Å². The van der Waals surface area contributed by atoms with Gasteiger partial charge in [-0.25, -0.2) is 0 Å². The van der Waals surface area contributed by atoms with Gasteiger partial charge in [0.2, 0.25) is 0 Å². The van der Waals surface area contributed by atoms with E-state index in [1.165, 1.54) is 13.8 Å². The first-order valence-electron chi connectivity index (χ1n) is 3.50. The summed E-state index contributed by atoms with van der Waals surface area (Å²) in [5.41, 5.74) is 0. The monoisotopic (exact) mass is 184 g/mol. The quantitative estimate of drug-likeness (QED) is 0.722. The lowest BCUT2D eigenvalue weighted by Crippen LogP contribution is -2.31. The minimum atomic E-state index is -4.62. The molecule has 2 atom stereocenters. The number of ketones is 1. The molecule has 0 amide bonds. The third kappa shape index (κ3) is 3.71. The van der Waals surface area contributed by atoms with Crippen LogP contribution in [0.15, 0.2) is 0 Å². The van der Waals surface area contributed by atoms with Crippen molar-refractivity contribution < 1.29 is 23.1 Å². The molecule has 0 aliphatic rings. The molecular formula is C7H11F3O2. The highest BCUT2D eigenvalue weighted by Gasteiger charge is 2.39. The summed E-state index contributed by atoms with van der Waals surface area (Å²) in [4.78, 5) is 10.5. The van der Waals surface area contributed by atoms with Crippen LogP contribution in [0, 0.1) is 5.92 Å². The maximum atomic E-state index is 11.7. The minimum Gasteiger partial charge on any atom is -0.384 e. The number of alkyl halides is 3. The Kier molecular flexibility index (Phi) is 3.70. The van der Waals surface area contributed by atoms with Crippen LogP contribution in [-0.2, 0) is 4.79 Å². The zero-order valence-corrected chi connectivity index (χ0v) is 6.85. The normalized spacial score (nSPS) is 17.2. The van der Waals surface area contributed by atoms with Gasteiger partial charge >= 0.3 is 6.18 Å². The molecule has 0 saturated heterocycles. The molecule has 0 aromatic heterocycles. The second-order valence-corrected chi connectivity index (χ2v) is 2.80. The van der Waals surface area contributed by atoms with Gasteiger partial charge in [0.1, 0.15) is 5.78 Å². The summed E-state index contributed by atoms with van der Waals surface area (Å²) in [5, 5.41) is 8.53. The highest BCUT2D eigenvalue weighted by Crippen LogP contribution is 2.24. The van der Waals surface area contributed by atoms with E-state index in [1.807, 2.05) is 0 Å². The maximum Gasteiger partial charge on any atom is 0.414 e. The van der Waals surface area contributed by atoms with Crippen molar-refractivity contribution in [2.45, 2.75) is 32.5 Å². The average Bonchev–Trinajstić information content (AvgIpc) is 1.85. The number of carbonyl (C=O) groups is 1. The summed E-state index contributed by atoms with van der Waals surface area (Å²) in [6, 6.07) is 0. The van der Waals surface area contributed by atoms with Crippen molar-refractivity contribution >= 4 is 5.78 Å². The molecule has 0 spiro atoms. The smallest absolute Gasteiger partial charge is 0.384 e. The number of halogens is 3. The van der Waals surface area contributed by atoms with Crippen LogP contribution in [0.2, 0.25) is 0 Å². The second kappa shape index (κ2) is 3.89. The summed E-state index contributed by atoms with van der Waals surface area (Å²) >= 11 is 0. The Labute approximate surface area is 68.4 Å². The fraction of sp³-hybridized carbons (Fsp3) is 0.857. The molecule has 0 heterocycles. The predicted molar refractivity (Wildman–Crippen MR) is 36.5 cm³/mol. The first-order chi connectivity index (χ1) is 5.25. The predicted octanol–water partition coefficient (Wildman–Crippen LogP) is 1.52. The van der Waals surface area contributed by atoms with Crippen LogP contribution in [0.5, 0.6) is 0 Å². The molecule has 2 nitrogen and oxygen atoms in total. The Morgan fingerprint density at radius 3 is 2.17 bits per heavy atom. The summed E-state index contributed by atoms with van der Waals surface area (Å²) in [6.45, 7) is 2.56. The summed E-state index contributed by atoms with van der Waals surface area (Å²) in [7, 11) is 0. The van der Waals surface area contributed by atoms with Gasteiger partial charge in [-0.3, -0.25) is 4.79 Å². The Bertz CT molecular complexity index is 165. The van der Waals surface area contributed by atoms with Gasteiger partial charge in [0.25, 0.3) is 0 Å². The van der Waals surface area contributed by atoms with Crippen LogP contribution < -0.4 is 0 Å². The number of Topliss-reactive ketones (excluding diaryl/α,β-unsaturated/α-hetero) is 1. The van der Waals surface area contributed by atoms with Crippen molar-refractivity contribution in [2.75, 3.05) is 0 Å². The number of aliphatic hydroxyl groups excluding tert-OH is 1. The van der Waals surface area contributed by atoms with E-state index < -0.39 is 24.6 Å². The first-order valence-corrected chi connectivity index (χ1v) is 3.50. The highest BCUT2D eigenvalue weighted by molar-refractivity contribution is 5.77. The van der Waals surface area contributed by atoms with Gasteiger partial charge < -0.3 is 5.11 Å². The fourth-order valence-electron chi connectivity index (χ4n) is 0.634. The average molecular weight is 184 g/mol. The van der Waals surface area contributed by atoms with Gasteiger partial charge in [0.05, 0.1) is 0 Å². The number of hydrogen-bond donors (Lipinski definition) is 1. The van der Waals surface area contributed by atoms with Gasteiger partial charge in [-0.1, -0.05) is 6.92 Å². The van der Waals surface area contributed by atoms with Crippen LogP contribution in [0.3, 0.4) is 0 Å². The molecule has 0 aliphatic heterocycles. The Morgan fingerprint density at radius 1 is 1.50 bits per heavy atom. The van der Waals surface area contributed by atoms with Gasteiger partial charge in [-0.05, 0) is 13.3 Å². The lowest BCUT2D eigenvalue weighted by Gasteiger charge is -2.16. The molecule has 0 rings (SSSR count).